The van der Waals surface area contributed by atoms with E-state index in [9.17, 15) is 0 Å². The van der Waals surface area contributed by atoms with Gasteiger partial charge in [-0.25, -0.2) is 9.98 Å². The minimum Gasteiger partial charge on any atom is -0.436 e. The molecule has 4 nitrogen and oxygen atoms in total. The van der Waals surface area contributed by atoms with Gasteiger partial charge in [0.25, 0.3) is 0 Å². The fourth-order valence-electron chi connectivity index (χ4n) is 5.83. The zero-order chi connectivity index (χ0) is 28.6. The maximum Gasteiger partial charge on any atom is 0.227 e. The van der Waals surface area contributed by atoms with Crippen LogP contribution in [-0.2, 0) is 0 Å². The molecule has 8 rings (SSSR count). The van der Waals surface area contributed by atoms with Crippen LogP contribution < -0.4 is 5.32 Å². The lowest BCUT2D eigenvalue weighted by Crippen LogP contribution is -2.31. The molecule has 204 valence electrons. The summed E-state index contributed by atoms with van der Waals surface area (Å²) < 4.78 is 6.00. The fourth-order valence-corrected chi connectivity index (χ4v) is 5.83. The molecule has 7 aromatic rings. The Morgan fingerprint density at radius 3 is 1.93 bits per heavy atom. The summed E-state index contributed by atoms with van der Waals surface area (Å²) in [6.07, 6.45) is 2.23. The number of hydrogen-bond acceptors (Lipinski definition) is 4. The number of para-hydroxylation sites is 2. The Morgan fingerprint density at radius 2 is 1.16 bits per heavy atom. The van der Waals surface area contributed by atoms with E-state index in [0.29, 0.717) is 5.89 Å². The molecule has 0 bridgehead atoms. The van der Waals surface area contributed by atoms with Crippen LogP contribution in [0.2, 0.25) is 0 Å². The largest absolute Gasteiger partial charge is 0.436 e. The standard InChI is InChI=1S/C39H27N3O/c1-3-11-27(12-4-1)35-25-36(41-38(40-35)28-13-5-2-6-14-28)33-24-23-30(31-15-7-8-16-32(31)33)26-19-21-29(22-20-26)39-42-34-17-9-10-18-37(34)43-39/h1-25,35H,(H,40,41). The van der Waals surface area contributed by atoms with Crippen LogP contribution in [0.4, 0.5) is 0 Å². The molecule has 1 atom stereocenters. The molecule has 4 heteroatoms. The number of aliphatic imine (C=N–C) groups is 1. The second kappa shape index (κ2) is 10.6. The third-order valence-electron chi connectivity index (χ3n) is 7.99. The molecule has 0 spiro atoms. The van der Waals surface area contributed by atoms with Crippen LogP contribution in [0.25, 0.3) is 50.2 Å². The number of aromatic nitrogens is 1. The molecule has 0 saturated heterocycles. The highest BCUT2D eigenvalue weighted by molar-refractivity contribution is 6.07. The fraction of sp³-hybridized carbons (Fsp3) is 0.0256. The first-order valence-electron chi connectivity index (χ1n) is 14.5. The molecule has 1 N–H and O–H groups in total. The summed E-state index contributed by atoms with van der Waals surface area (Å²) in [5.41, 5.74) is 9.25. The van der Waals surface area contributed by atoms with Crippen molar-refractivity contribution in [2.45, 2.75) is 6.04 Å². The zero-order valence-electron chi connectivity index (χ0n) is 23.3. The molecule has 2 heterocycles. The molecule has 1 aromatic heterocycles. The van der Waals surface area contributed by atoms with E-state index in [4.69, 9.17) is 9.41 Å². The normalized spacial score (nSPS) is 14.7. The van der Waals surface area contributed by atoms with Gasteiger partial charge in [-0.3, -0.25) is 0 Å². The van der Waals surface area contributed by atoms with Crippen molar-refractivity contribution in [3.05, 3.63) is 168 Å². The first-order chi connectivity index (χ1) is 21.3. The number of amidine groups is 1. The molecule has 1 aliphatic heterocycles. The first-order valence-corrected chi connectivity index (χ1v) is 14.5. The van der Waals surface area contributed by atoms with Gasteiger partial charge in [0.1, 0.15) is 11.4 Å². The maximum absolute atomic E-state index is 6.00. The summed E-state index contributed by atoms with van der Waals surface area (Å²) in [5, 5.41) is 6.01. The molecular formula is C39H27N3O. The number of hydrogen-bond donors (Lipinski definition) is 1. The molecule has 43 heavy (non-hydrogen) atoms. The van der Waals surface area contributed by atoms with E-state index >= 15 is 0 Å². The van der Waals surface area contributed by atoms with Crippen LogP contribution in [0.1, 0.15) is 22.7 Å². The summed E-state index contributed by atoms with van der Waals surface area (Å²) in [5.74, 6) is 1.50. The molecule has 0 aliphatic carbocycles. The van der Waals surface area contributed by atoms with Gasteiger partial charge in [0.2, 0.25) is 5.89 Å². The lowest BCUT2D eigenvalue weighted by molar-refractivity contribution is 0.620. The van der Waals surface area contributed by atoms with Crippen molar-refractivity contribution >= 4 is 33.4 Å². The Labute approximate surface area is 249 Å². The smallest absolute Gasteiger partial charge is 0.227 e. The second-order valence-electron chi connectivity index (χ2n) is 10.7. The van der Waals surface area contributed by atoms with Gasteiger partial charge in [-0.15, -0.1) is 0 Å². The van der Waals surface area contributed by atoms with Crippen LogP contribution in [-0.4, -0.2) is 10.8 Å². The summed E-state index contributed by atoms with van der Waals surface area (Å²) in [6, 6.07) is 50.2. The first kappa shape index (κ1) is 25.0. The van der Waals surface area contributed by atoms with Gasteiger partial charge in [0.05, 0.1) is 11.7 Å². The SMILES string of the molecule is C1=C(c2ccc(-c3ccc(-c4nc5ccccc5o4)cc3)c3ccccc23)N=C(c2ccccc2)NC1c1ccccc1. The summed E-state index contributed by atoms with van der Waals surface area (Å²) in [6.45, 7) is 0. The van der Waals surface area contributed by atoms with Gasteiger partial charge in [-0.1, -0.05) is 121 Å². The van der Waals surface area contributed by atoms with Gasteiger partial charge >= 0.3 is 0 Å². The summed E-state index contributed by atoms with van der Waals surface area (Å²) in [4.78, 5) is 9.83. The third kappa shape index (κ3) is 4.69. The highest BCUT2D eigenvalue weighted by Gasteiger charge is 2.21. The number of nitrogens with one attached hydrogen (secondary N) is 1. The number of nitrogens with zero attached hydrogens (tertiary/aromatic N) is 2. The Morgan fingerprint density at radius 1 is 0.535 bits per heavy atom. The van der Waals surface area contributed by atoms with Crippen LogP contribution in [0.3, 0.4) is 0 Å². The average Bonchev–Trinajstić information content (AvgIpc) is 3.53. The van der Waals surface area contributed by atoms with Gasteiger partial charge in [0, 0.05) is 16.7 Å². The molecule has 0 saturated carbocycles. The highest BCUT2D eigenvalue weighted by Crippen LogP contribution is 2.37. The Kier molecular flexibility index (Phi) is 6.16. The van der Waals surface area contributed by atoms with Crippen LogP contribution in [0.15, 0.2) is 161 Å². The summed E-state index contributed by atoms with van der Waals surface area (Å²) >= 11 is 0. The minimum absolute atomic E-state index is 0.00162. The Balaban J connectivity index is 1.21. The molecule has 0 fully saturated rings. The maximum atomic E-state index is 6.00. The summed E-state index contributed by atoms with van der Waals surface area (Å²) in [7, 11) is 0. The van der Waals surface area contributed by atoms with E-state index in [1.54, 1.807) is 0 Å². The van der Waals surface area contributed by atoms with E-state index < -0.39 is 0 Å². The van der Waals surface area contributed by atoms with Crippen molar-refractivity contribution in [3.63, 3.8) is 0 Å². The van der Waals surface area contributed by atoms with Crippen LogP contribution >= 0.6 is 0 Å². The number of rotatable bonds is 5. The quantitative estimate of drug-likeness (QED) is 0.231. The lowest BCUT2D eigenvalue weighted by Gasteiger charge is -2.25. The average molecular weight is 554 g/mol. The van der Waals surface area contributed by atoms with Crippen LogP contribution in [0, 0.1) is 0 Å². The number of oxazole rings is 1. The zero-order valence-corrected chi connectivity index (χ0v) is 23.3. The van der Waals surface area contributed by atoms with E-state index in [0.717, 1.165) is 44.9 Å². The number of fused-ring (bicyclic) bond motifs is 2. The molecular weight excluding hydrogens is 526 g/mol. The Bertz CT molecular complexity index is 2110. The van der Waals surface area contributed by atoms with Crippen molar-refractivity contribution < 1.29 is 4.42 Å². The number of benzene rings is 6. The Hall–Kier alpha value is -5.74. The van der Waals surface area contributed by atoms with Gasteiger partial charge in [-0.2, -0.15) is 0 Å². The van der Waals surface area contributed by atoms with Crippen molar-refractivity contribution in [2.24, 2.45) is 4.99 Å². The van der Waals surface area contributed by atoms with Crippen LogP contribution in [0.5, 0.6) is 0 Å². The van der Waals surface area contributed by atoms with E-state index in [1.807, 2.05) is 30.3 Å². The predicted molar refractivity (Wildman–Crippen MR) is 176 cm³/mol. The molecule has 1 aliphatic rings. The van der Waals surface area contributed by atoms with E-state index in [1.165, 1.54) is 21.9 Å². The monoisotopic (exact) mass is 553 g/mol. The van der Waals surface area contributed by atoms with Gasteiger partial charge in [0.15, 0.2) is 5.58 Å². The van der Waals surface area contributed by atoms with Gasteiger partial charge < -0.3 is 9.73 Å². The lowest BCUT2D eigenvalue weighted by atomic mass is 9.92. The molecule has 1 unspecified atom stereocenters. The molecule has 6 aromatic carbocycles. The topological polar surface area (TPSA) is 50.4 Å². The van der Waals surface area contributed by atoms with E-state index in [-0.39, 0.29) is 6.04 Å². The van der Waals surface area contributed by atoms with Crippen molar-refractivity contribution in [1.82, 2.24) is 10.3 Å². The van der Waals surface area contributed by atoms with E-state index in [2.05, 4.69) is 132 Å². The van der Waals surface area contributed by atoms with Crippen molar-refractivity contribution in [1.29, 1.82) is 0 Å². The van der Waals surface area contributed by atoms with Crippen molar-refractivity contribution in [3.8, 4) is 22.6 Å². The molecule has 0 amide bonds. The van der Waals surface area contributed by atoms with Crippen molar-refractivity contribution in [2.75, 3.05) is 0 Å². The van der Waals surface area contributed by atoms with Gasteiger partial charge in [-0.05, 0) is 57.8 Å². The predicted octanol–water partition coefficient (Wildman–Crippen LogP) is 9.45. The molecule has 0 radical (unpaired) electrons. The third-order valence-corrected chi connectivity index (χ3v) is 7.99. The highest BCUT2D eigenvalue weighted by atomic mass is 16.3. The minimum atomic E-state index is 0.00162. The second-order valence-corrected chi connectivity index (χ2v) is 10.7.